The van der Waals surface area contributed by atoms with Gasteiger partial charge in [0.05, 0.1) is 0 Å². The summed E-state index contributed by atoms with van der Waals surface area (Å²) in [7, 11) is 1.60. The van der Waals surface area contributed by atoms with E-state index in [4.69, 9.17) is 0 Å². The van der Waals surface area contributed by atoms with Crippen LogP contribution < -0.4 is 5.32 Å². The van der Waals surface area contributed by atoms with Crippen LogP contribution in [0.2, 0.25) is 0 Å². The fraction of sp³-hybridized carbons (Fsp3) is 0.364. The molecule has 2 amide bonds. The fourth-order valence-corrected chi connectivity index (χ4v) is 3.72. The average molecular weight is 385 g/mol. The van der Waals surface area contributed by atoms with E-state index < -0.39 is 6.04 Å². The molecule has 2 aromatic carbocycles. The van der Waals surface area contributed by atoms with Gasteiger partial charge < -0.3 is 10.2 Å². The van der Waals surface area contributed by atoms with Crippen molar-refractivity contribution in [1.29, 1.82) is 0 Å². The van der Waals surface area contributed by atoms with Gasteiger partial charge in [0.15, 0.2) is 0 Å². The largest absolute Gasteiger partial charge is 0.357 e. The number of amides is 2. The van der Waals surface area contributed by atoms with E-state index in [1.165, 1.54) is 5.56 Å². The zero-order chi connectivity index (χ0) is 19.6. The number of benzene rings is 2. The van der Waals surface area contributed by atoms with Crippen molar-refractivity contribution in [2.24, 2.45) is 0 Å². The number of hydrogen-bond acceptors (Lipinski definition) is 3. The number of rotatable bonds is 9. The van der Waals surface area contributed by atoms with Crippen LogP contribution in [0, 0.1) is 6.92 Å². The van der Waals surface area contributed by atoms with E-state index in [1.54, 1.807) is 30.6 Å². The summed E-state index contributed by atoms with van der Waals surface area (Å²) in [5.41, 5.74) is 3.45. The van der Waals surface area contributed by atoms with Crippen molar-refractivity contribution in [3.8, 4) is 0 Å². The summed E-state index contributed by atoms with van der Waals surface area (Å²) in [6.45, 7) is 4.26. The first-order chi connectivity index (χ1) is 13.0. The van der Waals surface area contributed by atoms with Crippen LogP contribution >= 0.6 is 11.8 Å². The minimum atomic E-state index is -0.499. The molecule has 5 heteroatoms. The van der Waals surface area contributed by atoms with E-state index in [0.717, 1.165) is 22.6 Å². The molecule has 0 aliphatic carbocycles. The van der Waals surface area contributed by atoms with Crippen LogP contribution in [0.4, 0.5) is 0 Å². The highest BCUT2D eigenvalue weighted by molar-refractivity contribution is 7.98. The zero-order valence-electron chi connectivity index (χ0n) is 16.3. The average Bonchev–Trinajstić information content (AvgIpc) is 2.70. The van der Waals surface area contributed by atoms with E-state index in [1.807, 2.05) is 49.4 Å². The second-order valence-electron chi connectivity index (χ2n) is 6.53. The SMILES string of the molecule is CNC(=O)[C@@H](C)N(Cc1ccccc1C)C(=O)CCSCc1ccccc1. The Kier molecular flexibility index (Phi) is 8.40. The molecule has 0 spiro atoms. The number of carbonyl (C=O) groups excluding carboxylic acids is 2. The number of carbonyl (C=O) groups is 2. The number of aryl methyl sites for hydroxylation is 1. The number of thioether (sulfide) groups is 1. The first-order valence-electron chi connectivity index (χ1n) is 9.20. The molecule has 0 radical (unpaired) electrons. The van der Waals surface area contributed by atoms with Gasteiger partial charge in [-0.3, -0.25) is 9.59 Å². The maximum Gasteiger partial charge on any atom is 0.242 e. The molecule has 144 valence electrons. The van der Waals surface area contributed by atoms with Crippen LogP contribution in [0.3, 0.4) is 0 Å². The molecule has 0 heterocycles. The van der Waals surface area contributed by atoms with Gasteiger partial charge in [0, 0.05) is 31.5 Å². The third kappa shape index (κ3) is 6.43. The molecular formula is C22H28N2O2S. The normalized spacial score (nSPS) is 11.7. The Balaban J connectivity index is 1.98. The maximum atomic E-state index is 12.9. The van der Waals surface area contributed by atoms with Crippen LogP contribution in [0.15, 0.2) is 54.6 Å². The van der Waals surface area contributed by atoms with Gasteiger partial charge in [0.25, 0.3) is 0 Å². The van der Waals surface area contributed by atoms with Crippen LogP contribution in [-0.4, -0.2) is 35.6 Å². The Morgan fingerprint density at radius 3 is 2.41 bits per heavy atom. The third-order valence-corrected chi connectivity index (χ3v) is 5.62. The molecule has 4 nitrogen and oxygen atoms in total. The first-order valence-corrected chi connectivity index (χ1v) is 10.4. The Labute approximate surface area is 166 Å². The van der Waals surface area contributed by atoms with Gasteiger partial charge in [0.1, 0.15) is 6.04 Å². The van der Waals surface area contributed by atoms with Crippen molar-refractivity contribution in [3.63, 3.8) is 0 Å². The van der Waals surface area contributed by atoms with Crippen LogP contribution in [0.1, 0.15) is 30.0 Å². The predicted octanol–water partition coefficient (Wildman–Crippen LogP) is 3.78. The summed E-state index contributed by atoms with van der Waals surface area (Å²) in [6, 6.07) is 17.7. The number of hydrogen-bond donors (Lipinski definition) is 1. The zero-order valence-corrected chi connectivity index (χ0v) is 17.1. The Morgan fingerprint density at radius 2 is 1.74 bits per heavy atom. The van der Waals surface area contributed by atoms with Crippen LogP contribution in [0.25, 0.3) is 0 Å². The van der Waals surface area contributed by atoms with Crippen molar-refractivity contribution in [2.45, 2.75) is 38.6 Å². The summed E-state index contributed by atoms with van der Waals surface area (Å²) in [5, 5.41) is 2.65. The smallest absolute Gasteiger partial charge is 0.242 e. The van der Waals surface area contributed by atoms with E-state index in [-0.39, 0.29) is 11.8 Å². The van der Waals surface area contributed by atoms with Crippen LogP contribution in [0.5, 0.6) is 0 Å². The topological polar surface area (TPSA) is 49.4 Å². The quantitative estimate of drug-likeness (QED) is 0.670. The second kappa shape index (κ2) is 10.8. The summed E-state index contributed by atoms with van der Waals surface area (Å²) in [4.78, 5) is 26.7. The molecule has 0 saturated carbocycles. The molecule has 0 aliphatic heterocycles. The highest BCUT2D eigenvalue weighted by Crippen LogP contribution is 2.17. The number of likely N-dealkylation sites (N-methyl/N-ethyl adjacent to an activating group) is 1. The van der Waals surface area contributed by atoms with Crippen molar-refractivity contribution >= 4 is 23.6 Å². The summed E-state index contributed by atoms with van der Waals surface area (Å²) < 4.78 is 0. The Bertz CT molecular complexity index is 749. The molecule has 0 bridgehead atoms. The highest BCUT2D eigenvalue weighted by Gasteiger charge is 2.25. The van der Waals surface area contributed by atoms with Gasteiger partial charge >= 0.3 is 0 Å². The van der Waals surface area contributed by atoms with E-state index >= 15 is 0 Å². The molecule has 1 N–H and O–H groups in total. The maximum absolute atomic E-state index is 12.9. The fourth-order valence-electron chi connectivity index (χ4n) is 2.83. The van der Waals surface area contributed by atoms with Crippen molar-refractivity contribution in [3.05, 3.63) is 71.3 Å². The molecule has 2 aromatic rings. The van der Waals surface area contributed by atoms with Gasteiger partial charge in [-0.15, -0.1) is 0 Å². The lowest BCUT2D eigenvalue weighted by molar-refractivity contribution is -0.140. The molecule has 2 rings (SSSR count). The molecule has 1 atom stereocenters. The van der Waals surface area contributed by atoms with Gasteiger partial charge in [-0.1, -0.05) is 54.6 Å². The first kappa shape index (κ1) is 21.0. The molecule has 0 aliphatic rings. The second-order valence-corrected chi connectivity index (χ2v) is 7.63. The Hall–Kier alpha value is -2.27. The molecule has 0 unspecified atom stereocenters. The number of nitrogens with zero attached hydrogens (tertiary/aromatic N) is 1. The molecule has 0 aromatic heterocycles. The summed E-state index contributed by atoms with van der Waals surface area (Å²) in [6.07, 6.45) is 0.421. The van der Waals surface area contributed by atoms with Crippen molar-refractivity contribution in [1.82, 2.24) is 10.2 Å². The minimum absolute atomic E-state index is 0.00918. The predicted molar refractivity (Wildman–Crippen MR) is 112 cm³/mol. The van der Waals surface area contributed by atoms with Gasteiger partial charge in [0.2, 0.25) is 11.8 Å². The van der Waals surface area contributed by atoms with Crippen molar-refractivity contribution < 1.29 is 9.59 Å². The van der Waals surface area contributed by atoms with Gasteiger partial charge in [-0.25, -0.2) is 0 Å². The van der Waals surface area contributed by atoms with E-state index in [2.05, 4.69) is 17.4 Å². The Morgan fingerprint density at radius 1 is 1.07 bits per heavy atom. The lowest BCUT2D eigenvalue weighted by atomic mass is 10.1. The third-order valence-electron chi connectivity index (χ3n) is 4.59. The lowest BCUT2D eigenvalue weighted by Crippen LogP contribution is -2.46. The molecule has 27 heavy (non-hydrogen) atoms. The molecule has 0 fully saturated rings. The molecule has 0 saturated heterocycles. The van der Waals surface area contributed by atoms with E-state index in [0.29, 0.717) is 13.0 Å². The van der Waals surface area contributed by atoms with E-state index in [9.17, 15) is 9.59 Å². The highest BCUT2D eigenvalue weighted by atomic mass is 32.2. The minimum Gasteiger partial charge on any atom is -0.357 e. The lowest BCUT2D eigenvalue weighted by Gasteiger charge is -2.29. The summed E-state index contributed by atoms with van der Waals surface area (Å²) >= 11 is 1.74. The van der Waals surface area contributed by atoms with Crippen LogP contribution in [-0.2, 0) is 21.9 Å². The number of nitrogens with one attached hydrogen (secondary N) is 1. The van der Waals surface area contributed by atoms with Gasteiger partial charge in [-0.05, 0) is 30.5 Å². The van der Waals surface area contributed by atoms with Gasteiger partial charge in [-0.2, -0.15) is 11.8 Å². The monoisotopic (exact) mass is 384 g/mol. The standard InChI is InChI=1S/C22H28N2O2S/c1-17-9-7-8-12-20(17)15-24(18(2)22(26)23-3)21(25)13-14-27-16-19-10-5-4-6-11-19/h4-12,18H,13-16H2,1-3H3,(H,23,26)/t18-/m1/s1. The van der Waals surface area contributed by atoms with Crippen molar-refractivity contribution in [2.75, 3.05) is 12.8 Å². The summed E-state index contributed by atoms with van der Waals surface area (Å²) in [5.74, 6) is 1.49. The molecular weight excluding hydrogens is 356 g/mol.